The molecule has 1 saturated carbocycles. The maximum atomic E-state index is 11.6. The molecule has 18 heavy (non-hydrogen) atoms. The summed E-state index contributed by atoms with van der Waals surface area (Å²) in [5.74, 6) is -0.105. The van der Waals surface area contributed by atoms with Gasteiger partial charge in [-0.2, -0.15) is 5.48 Å². The lowest BCUT2D eigenvalue weighted by Crippen LogP contribution is -2.31. The van der Waals surface area contributed by atoms with E-state index in [2.05, 4.69) is 26.7 Å². The molecular weight excluding hydrogens is 296 g/mol. The fraction of sp³-hybridized carbons (Fsp3) is 0.462. The van der Waals surface area contributed by atoms with E-state index in [1.165, 1.54) is 12.8 Å². The van der Waals surface area contributed by atoms with E-state index >= 15 is 0 Å². The Bertz CT molecular complexity index is 406. The lowest BCUT2D eigenvalue weighted by Gasteiger charge is -2.11. The highest BCUT2D eigenvalue weighted by atomic mass is 79.9. The van der Waals surface area contributed by atoms with E-state index in [4.69, 9.17) is 4.84 Å². The minimum Gasteiger partial charge on any atom is -0.325 e. The molecule has 0 atom stereocenters. The second kappa shape index (κ2) is 6.87. The van der Waals surface area contributed by atoms with E-state index in [-0.39, 0.29) is 18.6 Å². The largest absolute Gasteiger partial charge is 0.325 e. The fourth-order valence-corrected chi connectivity index (χ4v) is 2.40. The fourth-order valence-electron chi connectivity index (χ4n) is 2.00. The number of anilines is 1. The zero-order chi connectivity index (χ0) is 12.8. The summed E-state index contributed by atoms with van der Waals surface area (Å²) < 4.78 is 0.940. The van der Waals surface area contributed by atoms with Crippen molar-refractivity contribution in [2.24, 2.45) is 0 Å². The Labute approximate surface area is 115 Å². The summed E-state index contributed by atoms with van der Waals surface area (Å²) in [6, 6.07) is 7.50. The van der Waals surface area contributed by atoms with Gasteiger partial charge in [-0.25, -0.2) is 0 Å². The van der Waals surface area contributed by atoms with Gasteiger partial charge in [-0.05, 0) is 31.0 Å². The van der Waals surface area contributed by atoms with Crippen LogP contribution in [0.3, 0.4) is 0 Å². The molecule has 2 N–H and O–H groups in total. The summed E-state index contributed by atoms with van der Waals surface area (Å²) in [5.41, 5.74) is 3.51. The first-order chi connectivity index (χ1) is 8.74. The summed E-state index contributed by atoms with van der Waals surface area (Å²) in [4.78, 5) is 17.0. The number of halogens is 1. The maximum Gasteiger partial charge on any atom is 0.240 e. The topological polar surface area (TPSA) is 50.4 Å². The van der Waals surface area contributed by atoms with Gasteiger partial charge in [0.15, 0.2) is 0 Å². The second-order valence-corrected chi connectivity index (χ2v) is 5.32. The molecule has 2 rings (SSSR count). The predicted molar refractivity (Wildman–Crippen MR) is 74.1 cm³/mol. The van der Waals surface area contributed by atoms with Crippen LogP contribution in [0.5, 0.6) is 0 Å². The minimum atomic E-state index is -0.105. The van der Waals surface area contributed by atoms with Crippen molar-refractivity contribution in [1.29, 1.82) is 0 Å². The van der Waals surface area contributed by atoms with Gasteiger partial charge in [-0.15, -0.1) is 0 Å². The molecule has 1 aromatic rings. The maximum absolute atomic E-state index is 11.6. The summed E-state index contributed by atoms with van der Waals surface area (Å²) in [7, 11) is 0. The molecule has 1 aliphatic carbocycles. The van der Waals surface area contributed by atoms with Crippen LogP contribution in [0.15, 0.2) is 28.7 Å². The molecule has 0 unspecified atom stereocenters. The van der Waals surface area contributed by atoms with Crippen LogP contribution >= 0.6 is 15.9 Å². The molecule has 1 fully saturated rings. The van der Waals surface area contributed by atoms with Gasteiger partial charge in [0.05, 0.1) is 6.10 Å². The monoisotopic (exact) mass is 312 g/mol. The summed E-state index contributed by atoms with van der Waals surface area (Å²) >= 11 is 3.36. The van der Waals surface area contributed by atoms with E-state index < -0.39 is 0 Å². The summed E-state index contributed by atoms with van der Waals surface area (Å²) in [5, 5.41) is 2.80. The number of hydrogen-bond donors (Lipinski definition) is 2. The van der Waals surface area contributed by atoms with Gasteiger partial charge < -0.3 is 5.32 Å². The lowest BCUT2D eigenvalue weighted by molar-refractivity contribution is -0.119. The number of nitrogens with one attached hydrogen (secondary N) is 2. The van der Waals surface area contributed by atoms with Gasteiger partial charge in [-0.3, -0.25) is 9.63 Å². The van der Waals surface area contributed by atoms with Crippen LogP contribution in [0.4, 0.5) is 5.69 Å². The molecule has 98 valence electrons. The summed E-state index contributed by atoms with van der Waals surface area (Å²) in [6.45, 7) is 0.170. The Morgan fingerprint density at radius 2 is 2.17 bits per heavy atom. The van der Waals surface area contributed by atoms with Gasteiger partial charge in [-0.1, -0.05) is 34.8 Å². The molecule has 0 bridgehead atoms. The van der Waals surface area contributed by atoms with Gasteiger partial charge >= 0.3 is 0 Å². The Morgan fingerprint density at radius 3 is 2.89 bits per heavy atom. The number of hydrogen-bond acceptors (Lipinski definition) is 3. The van der Waals surface area contributed by atoms with Crippen LogP contribution in [0.1, 0.15) is 25.7 Å². The smallest absolute Gasteiger partial charge is 0.240 e. The van der Waals surface area contributed by atoms with Crippen LogP contribution in [0.2, 0.25) is 0 Å². The Morgan fingerprint density at radius 1 is 1.39 bits per heavy atom. The molecule has 5 heteroatoms. The van der Waals surface area contributed by atoms with Crippen molar-refractivity contribution >= 4 is 27.5 Å². The van der Waals surface area contributed by atoms with Crippen LogP contribution in [-0.4, -0.2) is 18.6 Å². The van der Waals surface area contributed by atoms with E-state index in [1.54, 1.807) is 0 Å². The van der Waals surface area contributed by atoms with Crippen molar-refractivity contribution in [3.05, 3.63) is 28.7 Å². The minimum absolute atomic E-state index is 0.105. The number of carbonyl (C=O) groups is 1. The number of hydroxylamine groups is 1. The molecule has 4 nitrogen and oxygen atoms in total. The van der Waals surface area contributed by atoms with E-state index in [0.717, 1.165) is 23.0 Å². The van der Waals surface area contributed by atoms with Crippen molar-refractivity contribution < 1.29 is 9.63 Å². The third-order valence-corrected chi connectivity index (χ3v) is 3.39. The summed E-state index contributed by atoms with van der Waals surface area (Å²) in [6.07, 6.45) is 4.87. The van der Waals surface area contributed by atoms with E-state index in [1.807, 2.05) is 24.3 Å². The molecule has 0 aromatic heterocycles. The molecule has 1 amide bonds. The number of amides is 1. The van der Waals surface area contributed by atoms with Gasteiger partial charge in [0.1, 0.15) is 6.54 Å². The molecule has 0 spiro atoms. The first-order valence-corrected chi connectivity index (χ1v) is 6.97. The first-order valence-electron chi connectivity index (χ1n) is 6.18. The molecule has 0 aliphatic heterocycles. The van der Waals surface area contributed by atoms with E-state index in [0.29, 0.717) is 0 Å². The van der Waals surface area contributed by atoms with Crippen molar-refractivity contribution in [3.8, 4) is 0 Å². The van der Waals surface area contributed by atoms with Gasteiger partial charge in [0.25, 0.3) is 0 Å². The SMILES string of the molecule is O=C(CNOC1CCCC1)Nc1cccc(Br)c1. The first kappa shape index (κ1) is 13.5. The predicted octanol–water partition coefficient (Wildman–Crippen LogP) is 2.85. The average molecular weight is 313 g/mol. The number of benzene rings is 1. The highest BCUT2D eigenvalue weighted by Gasteiger charge is 2.15. The van der Waals surface area contributed by atoms with Crippen molar-refractivity contribution in [1.82, 2.24) is 5.48 Å². The lowest BCUT2D eigenvalue weighted by atomic mass is 10.3. The van der Waals surface area contributed by atoms with Crippen molar-refractivity contribution in [2.75, 3.05) is 11.9 Å². The Kier molecular flexibility index (Phi) is 5.16. The molecular formula is C13H17BrN2O2. The number of rotatable bonds is 5. The Balaban J connectivity index is 1.68. The number of carbonyl (C=O) groups excluding carboxylic acids is 1. The molecule has 0 radical (unpaired) electrons. The van der Waals surface area contributed by atoms with Crippen molar-refractivity contribution in [2.45, 2.75) is 31.8 Å². The molecule has 1 aromatic carbocycles. The molecule has 1 aliphatic rings. The third kappa shape index (κ3) is 4.40. The zero-order valence-corrected chi connectivity index (χ0v) is 11.7. The zero-order valence-electron chi connectivity index (χ0n) is 10.1. The van der Waals surface area contributed by atoms with Gasteiger partial charge in [0.2, 0.25) is 5.91 Å². The van der Waals surface area contributed by atoms with Crippen LogP contribution in [0.25, 0.3) is 0 Å². The molecule has 0 saturated heterocycles. The standard InChI is InChI=1S/C13H17BrN2O2/c14-10-4-3-5-11(8-10)16-13(17)9-15-18-12-6-1-2-7-12/h3-5,8,12,15H,1-2,6-7,9H2,(H,16,17). The van der Waals surface area contributed by atoms with Crippen molar-refractivity contribution in [3.63, 3.8) is 0 Å². The van der Waals surface area contributed by atoms with Gasteiger partial charge in [0, 0.05) is 10.2 Å². The highest BCUT2D eigenvalue weighted by molar-refractivity contribution is 9.10. The van der Waals surface area contributed by atoms with Crippen LogP contribution < -0.4 is 10.8 Å². The quantitative estimate of drug-likeness (QED) is 0.822. The van der Waals surface area contributed by atoms with Crippen LogP contribution in [-0.2, 0) is 9.63 Å². The Hall–Kier alpha value is -0.910. The normalized spacial score (nSPS) is 15.8. The third-order valence-electron chi connectivity index (χ3n) is 2.89. The second-order valence-electron chi connectivity index (χ2n) is 4.40. The average Bonchev–Trinajstić information content (AvgIpc) is 2.82. The van der Waals surface area contributed by atoms with E-state index in [9.17, 15) is 4.79 Å². The highest BCUT2D eigenvalue weighted by Crippen LogP contribution is 2.19. The van der Waals surface area contributed by atoms with Crippen LogP contribution in [0, 0.1) is 0 Å². The molecule has 0 heterocycles.